The summed E-state index contributed by atoms with van der Waals surface area (Å²) in [5.41, 5.74) is 10.5. The molecule has 0 aromatic heterocycles. The molecular weight excluding hydrogens is 324 g/mol. The highest BCUT2D eigenvalue weighted by molar-refractivity contribution is 5.96. The van der Waals surface area contributed by atoms with Crippen molar-refractivity contribution in [1.29, 1.82) is 0 Å². The van der Waals surface area contributed by atoms with Crippen LogP contribution < -0.4 is 5.73 Å². The van der Waals surface area contributed by atoms with Crippen molar-refractivity contribution in [2.24, 2.45) is 5.73 Å². The lowest BCUT2D eigenvalue weighted by Gasteiger charge is -2.39. The molecular formula is C22H28N2O2. The van der Waals surface area contributed by atoms with E-state index in [4.69, 9.17) is 10.5 Å². The van der Waals surface area contributed by atoms with Crippen molar-refractivity contribution in [1.82, 2.24) is 4.90 Å². The first-order chi connectivity index (χ1) is 12.5. The van der Waals surface area contributed by atoms with Gasteiger partial charge in [0.2, 0.25) is 0 Å². The first kappa shape index (κ1) is 18.6. The molecule has 1 spiro atoms. The maximum Gasteiger partial charge on any atom is 0.253 e. The summed E-state index contributed by atoms with van der Waals surface area (Å²) in [6, 6.07) is 8.43. The quantitative estimate of drug-likeness (QED) is 0.667. The third-order valence-electron chi connectivity index (χ3n) is 5.60. The Kier molecular flexibility index (Phi) is 5.44. The number of hydrogen-bond acceptors (Lipinski definition) is 3. The molecule has 1 fully saturated rings. The number of amides is 1. The number of nitrogens with two attached hydrogens (primary N) is 1. The predicted molar refractivity (Wildman–Crippen MR) is 104 cm³/mol. The van der Waals surface area contributed by atoms with E-state index in [9.17, 15) is 4.79 Å². The van der Waals surface area contributed by atoms with Gasteiger partial charge in [-0.2, -0.15) is 0 Å². The number of benzene rings is 1. The highest BCUT2D eigenvalue weighted by atomic mass is 16.5. The van der Waals surface area contributed by atoms with Gasteiger partial charge in [-0.05, 0) is 55.0 Å². The molecule has 2 heterocycles. The number of hydrogen-bond donors (Lipinski definition) is 1. The minimum Gasteiger partial charge on any atom is -0.365 e. The van der Waals surface area contributed by atoms with E-state index < -0.39 is 0 Å². The second kappa shape index (κ2) is 7.60. The molecule has 0 radical (unpaired) electrons. The maximum absolute atomic E-state index is 12.9. The summed E-state index contributed by atoms with van der Waals surface area (Å²) in [7, 11) is 0. The lowest BCUT2D eigenvalue weighted by Crippen LogP contribution is -2.45. The molecule has 2 N–H and O–H groups in total. The van der Waals surface area contributed by atoms with Crippen LogP contribution in [0.5, 0.6) is 0 Å². The van der Waals surface area contributed by atoms with Crippen molar-refractivity contribution in [3.8, 4) is 0 Å². The number of likely N-dealkylation sites (tertiary alicyclic amines) is 1. The molecule has 1 saturated heterocycles. The van der Waals surface area contributed by atoms with E-state index >= 15 is 0 Å². The molecule has 26 heavy (non-hydrogen) atoms. The molecule has 0 aliphatic carbocycles. The van der Waals surface area contributed by atoms with Crippen LogP contribution in [0.4, 0.5) is 0 Å². The Bertz CT molecular complexity index is 768. The van der Waals surface area contributed by atoms with Gasteiger partial charge in [0.25, 0.3) is 5.91 Å². The Balaban J connectivity index is 1.70. The Labute approximate surface area is 156 Å². The number of fused-ring (bicyclic) bond motifs is 2. The van der Waals surface area contributed by atoms with E-state index in [1.165, 1.54) is 11.1 Å². The third-order valence-corrected chi connectivity index (χ3v) is 5.60. The molecule has 0 bridgehead atoms. The van der Waals surface area contributed by atoms with Crippen LogP contribution in [0, 0.1) is 0 Å². The van der Waals surface area contributed by atoms with Gasteiger partial charge in [-0.3, -0.25) is 4.79 Å². The zero-order valence-electron chi connectivity index (χ0n) is 15.8. The molecule has 1 aromatic carbocycles. The first-order valence-electron chi connectivity index (χ1n) is 9.25. The second-order valence-corrected chi connectivity index (χ2v) is 7.11. The van der Waals surface area contributed by atoms with Crippen LogP contribution in [0.1, 0.15) is 37.8 Å². The summed E-state index contributed by atoms with van der Waals surface area (Å²) in [4.78, 5) is 14.9. The molecule has 2 aliphatic heterocycles. The van der Waals surface area contributed by atoms with Gasteiger partial charge in [0.1, 0.15) is 0 Å². The van der Waals surface area contributed by atoms with Crippen LogP contribution >= 0.6 is 0 Å². The number of rotatable bonds is 4. The second-order valence-electron chi connectivity index (χ2n) is 7.11. The molecule has 4 heteroatoms. The molecule has 3 rings (SSSR count). The van der Waals surface area contributed by atoms with Crippen molar-refractivity contribution in [2.45, 2.75) is 38.9 Å². The molecule has 138 valence electrons. The summed E-state index contributed by atoms with van der Waals surface area (Å²) in [5.74, 6) is 0.0674. The number of nitrogens with zero attached hydrogens (tertiary/aromatic N) is 1. The molecule has 0 atom stereocenters. The summed E-state index contributed by atoms with van der Waals surface area (Å²) >= 11 is 0. The fraction of sp³-hybridized carbons (Fsp3) is 0.409. The molecule has 0 unspecified atom stereocenters. The van der Waals surface area contributed by atoms with E-state index in [-0.39, 0.29) is 11.5 Å². The Hall–Kier alpha value is -2.17. The number of ether oxygens (including phenoxy) is 1. The Morgan fingerprint density at radius 1 is 1.35 bits per heavy atom. The van der Waals surface area contributed by atoms with Crippen LogP contribution in [0.15, 0.2) is 59.7 Å². The lowest BCUT2D eigenvalue weighted by atomic mass is 9.83. The zero-order valence-corrected chi connectivity index (χ0v) is 15.8. The number of allylic oxidation sites excluding steroid dienone is 1. The molecule has 2 aliphatic rings. The fourth-order valence-electron chi connectivity index (χ4n) is 3.82. The molecule has 4 nitrogen and oxygen atoms in total. The minimum atomic E-state index is -0.219. The van der Waals surface area contributed by atoms with Crippen molar-refractivity contribution in [2.75, 3.05) is 19.6 Å². The van der Waals surface area contributed by atoms with Crippen molar-refractivity contribution in [3.05, 3.63) is 70.8 Å². The molecule has 1 aromatic rings. The average molecular weight is 352 g/mol. The topological polar surface area (TPSA) is 55.6 Å². The summed E-state index contributed by atoms with van der Waals surface area (Å²) in [6.45, 7) is 10.3. The van der Waals surface area contributed by atoms with Crippen molar-refractivity contribution in [3.63, 3.8) is 0 Å². The summed E-state index contributed by atoms with van der Waals surface area (Å²) in [5, 5.41) is 0. The van der Waals surface area contributed by atoms with Crippen LogP contribution in [0.2, 0.25) is 0 Å². The SMILES string of the molecule is C=C(CN)/C(C)=C\C(=C/C)C(=O)N1CCC2(CC1)OCc1ccccc12. The van der Waals surface area contributed by atoms with Gasteiger partial charge in [-0.15, -0.1) is 0 Å². The number of carbonyl (C=O) groups is 1. The zero-order chi connectivity index (χ0) is 18.7. The van der Waals surface area contributed by atoms with Crippen LogP contribution in [-0.4, -0.2) is 30.4 Å². The normalized spacial score (nSPS) is 19.6. The van der Waals surface area contributed by atoms with E-state index in [1.54, 1.807) is 0 Å². The predicted octanol–water partition coefficient (Wildman–Crippen LogP) is 3.44. The van der Waals surface area contributed by atoms with Gasteiger partial charge >= 0.3 is 0 Å². The van der Waals surface area contributed by atoms with Gasteiger partial charge in [0.15, 0.2) is 0 Å². The third kappa shape index (κ3) is 3.39. The average Bonchev–Trinajstić information content (AvgIpc) is 3.04. The van der Waals surface area contributed by atoms with Gasteiger partial charge in [-0.25, -0.2) is 0 Å². The lowest BCUT2D eigenvalue weighted by molar-refractivity contribution is -0.134. The van der Waals surface area contributed by atoms with E-state index in [0.717, 1.165) is 24.0 Å². The van der Waals surface area contributed by atoms with Gasteiger partial charge in [0, 0.05) is 25.2 Å². The van der Waals surface area contributed by atoms with E-state index in [1.807, 2.05) is 30.9 Å². The van der Waals surface area contributed by atoms with E-state index in [2.05, 4.69) is 30.8 Å². The van der Waals surface area contributed by atoms with Gasteiger partial charge < -0.3 is 15.4 Å². The largest absolute Gasteiger partial charge is 0.365 e. The fourth-order valence-corrected chi connectivity index (χ4v) is 3.82. The molecule has 0 saturated carbocycles. The smallest absolute Gasteiger partial charge is 0.253 e. The van der Waals surface area contributed by atoms with Gasteiger partial charge in [-0.1, -0.05) is 36.9 Å². The van der Waals surface area contributed by atoms with Crippen molar-refractivity contribution >= 4 is 5.91 Å². The standard InChI is InChI=1S/C22H28N2O2/c1-4-18(13-16(2)17(3)14-23)21(25)24-11-9-22(10-12-24)20-8-6-5-7-19(20)15-26-22/h4-8,13H,3,9-12,14-15,23H2,1-2H3/b16-13-,18-4+. The summed E-state index contributed by atoms with van der Waals surface area (Å²) < 4.78 is 6.19. The highest BCUT2D eigenvalue weighted by Gasteiger charge is 2.43. The number of piperidine rings is 1. The highest BCUT2D eigenvalue weighted by Crippen LogP contribution is 2.44. The minimum absolute atomic E-state index is 0.0674. The molecule has 1 amide bonds. The van der Waals surface area contributed by atoms with E-state index in [0.29, 0.717) is 31.8 Å². The Morgan fingerprint density at radius 3 is 2.69 bits per heavy atom. The monoisotopic (exact) mass is 352 g/mol. The maximum atomic E-state index is 12.9. The van der Waals surface area contributed by atoms with Gasteiger partial charge in [0.05, 0.1) is 12.2 Å². The first-order valence-corrected chi connectivity index (χ1v) is 9.25. The van der Waals surface area contributed by atoms with Crippen LogP contribution in [-0.2, 0) is 21.7 Å². The van der Waals surface area contributed by atoms with Crippen LogP contribution in [0.3, 0.4) is 0 Å². The number of carbonyl (C=O) groups excluding carboxylic acids is 1. The van der Waals surface area contributed by atoms with Crippen LogP contribution in [0.25, 0.3) is 0 Å². The van der Waals surface area contributed by atoms with Crippen molar-refractivity contribution < 1.29 is 9.53 Å². The summed E-state index contributed by atoms with van der Waals surface area (Å²) in [6.07, 6.45) is 5.43. The Morgan fingerprint density at radius 2 is 2.04 bits per heavy atom.